The molecule has 2 rings (SSSR count). The van der Waals surface area contributed by atoms with Gasteiger partial charge in [0, 0.05) is 25.7 Å². The van der Waals surface area contributed by atoms with Crippen molar-refractivity contribution in [2.45, 2.75) is 30.8 Å². The molecule has 0 aliphatic carbocycles. The molecule has 0 spiro atoms. The fourth-order valence-electron chi connectivity index (χ4n) is 2.62. The molecule has 1 unspecified atom stereocenters. The highest BCUT2D eigenvalue weighted by atomic mass is 32.2. The minimum atomic E-state index is -3.39. The van der Waals surface area contributed by atoms with Crippen LogP contribution < -0.4 is 5.73 Å². The van der Waals surface area contributed by atoms with Crippen molar-refractivity contribution in [2.24, 2.45) is 5.73 Å². The number of hydrogen-bond acceptors (Lipinski definition) is 4. The molecule has 0 amide bonds. The molecule has 1 aromatic carbocycles. The molecule has 1 aliphatic heterocycles. The van der Waals surface area contributed by atoms with Crippen LogP contribution in [0.4, 0.5) is 0 Å². The maximum Gasteiger partial charge on any atom is 0.243 e. The summed E-state index contributed by atoms with van der Waals surface area (Å²) in [5.41, 5.74) is 7.30. The van der Waals surface area contributed by atoms with Crippen LogP contribution in [0.5, 0.6) is 0 Å². The fraction of sp³-hybridized carbons (Fsp3) is 0.571. The van der Waals surface area contributed by atoms with Gasteiger partial charge in [0.25, 0.3) is 0 Å². The molecule has 1 aliphatic rings. The molecule has 0 saturated carbocycles. The number of sulfonamides is 1. The summed E-state index contributed by atoms with van der Waals surface area (Å²) in [6, 6.07) is 5.62. The molecule has 1 atom stereocenters. The van der Waals surface area contributed by atoms with Crippen molar-refractivity contribution in [2.75, 3.05) is 27.2 Å². The Labute approximate surface area is 121 Å². The van der Waals surface area contributed by atoms with Crippen molar-refractivity contribution in [3.05, 3.63) is 29.3 Å². The van der Waals surface area contributed by atoms with Crippen LogP contribution in [0.2, 0.25) is 0 Å². The number of nitrogens with two attached hydrogens (primary N) is 1. The summed E-state index contributed by atoms with van der Waals surface area (Å²) in [7, 11) is 0.581. The summed E-state index contributed by atoms with van der Waals surface area (Å²) in [6.07, 6.45) is 0.881. The van der Waals surface area contributed by atoms with Crippen molar-refractivity contribution in [1.82, 2.24) is 9.21 Å². The highest BCUT2D eigenvalue weighted by Crippen LogP contribution is 2.25. The van der Waals surface area contributed by atoms with Crippen LogP contribution in [0.15, 0.2) is 23.1 Å². The zero-order valence-corrected chi connectivity index (χ0v) is 13.2. The van der Waals surface area contributed by atoms with Gasteiger partial charge in [0.1, 0.15) is 0 Å². The van der Waals surface area contributed by atoms with Gasteiger partial charge >= 0.3 is 0 Å². The van der Waals surface area contributed by atoms with Gasteiger partial charge in [-0.2, -0.15) is 4.31 Å². The molecular weight excluding hydrogens is 274 g/mol. The van der Waals surface area contributed by atoms with E-state index in [9.17, 15) is 8.42 Å². The molecule has 1 aromatic rings. The lowest BCUT2D eigenvalue weighted by atomic mass is 10.1. The molecule has 1 saturated heterocycles. The van der Waals surface area contributed by atoms with Crippen molar-refractivity contribution >= 4 is 10.0 Å². The highest BCUT2D eigenvalue weighted by Gasteiger charge is 2.34. The summed E-state index contributed by atoms with van der Waals surface area (Å²) in [6.45, 7) is 3.40. The van der Waals surface area contributed by atoms with Gasteiger partial charge in [-0.1, -0.05) is 12.1 Å². The molecular formula is C14H23N3O2S. The molecule has 20 heavy (non-hydrogen) atoms. The van der Waals surface area contributed by atoms with E-state index in [0.29, 0.717) is 30.6 Å². The molecule has 2 N–H and O–H groups in total. The Kier molecular flexibility index (Phi) is 4.49. The average molecular weight is 297 g/mol. The third-order valence-electron chi connectivity index (χ3n) is 3.95. The Morgan fingerprint density at radius 1 is 1.40 bits per heavy atom. The van der Waals surface area contributed by atoms with Gasteiger partial charge in [0.05, 0.1) is 4.90 Å². The van der Waals surface area contributed by atoms with Gasteiger partial charge in [-0.05, 0) is 44.6 Å². The first-order valence-corrected chi connectivity index (χ1v) is 8.26. The standard InChI is InChI=1S/C14H23N3O2S/c1-11-8-12(9-15)4-5-14(11)20(18,19)17-7-6-13(10-17)16(2)3/h4-5,8,13H,6-7,9-10,15H2,1-3H3. The Morgan fingerprint density at radius 2 is 2.10 bits per heavy atom. The summed E-state index contributed by atoms with van der Waals surface area (Å²) in [4.78, 5) is 2.48. The number of likely N-dealkylation sites (N-methyl/N-ethyl adjacent to an activating group) is 1. The zero-order chi connectivity index (χ0) is 14.9. The first-order chi connectivity index (χ1) is 9.36. The third kappa shape index (κ3) is 2.88. The largest absolute Gasteiger partial charge is 0.326 e. The van der Waals surface area contributed by atoms with Gasteiger partial charge in [-0.15, -0.1) is 0 Å². The summed E-state index contributed by atoms with van der Waals surface area (Å²) in [5.74, 6) is 0. The summed E-state index contributed by atoms with van der Waals surface area (Å²) >= 11 is 0. The van der Waals surface area contributed by atoms with E-state index in [2.05, 4.69) is 4.90 Å². The molecule has 112 valence electrons. The van der Waals surface area contributed by atoms with Crippen LogP contribution >= 0.6 is 0 Å². The second-order valence-corrected chi connectivity index (χ2v) is 7.48. The Balaban J connectivity index is 2.27. The highest BCUT2D eigenvalue weighted by molar-refractivity contribution is 7.89. The summed E-state index contributed by atoms with van der Waals surface area (Å²) < 4.78 is 27.0. The third-order valence-corrected chi connectivity index (χ3v) is 5.97. The Hall–Kier alpha value is -0.950. The number of aryl methyl sites for hydroxylation is 1. The fourth-order valence-corrected chi connectivity index (χ4v) is 4.32. The van der Waals surface area contributed by atoms with Crippen LogP contribution in [-0.4, -0.2) is 50.8 Å². The summed E-state index contributed by atoms with van der Waals surface area (Å²) in [5, 5.41) is 0. The maximum atomic E-state index is 12.7. The molecule has 1 heterocycles. The van der Waals surface area contributed by atoms with Gasteiger partial charge in [-0.25, -0.2) is 8.42 Å². The normalized spacial score (nSPS) is 20.8. The quantitative estimate of drug-likeness (QED) is 0.892. The van der Waals surface area contributed by atoms with Crippen molar-refractivity contribution in [3.63, 3.8) is 0 Å². The maximum absolute atomic E-state index is 12.7. The molecule has 0 radical (unpaired) electrons. The van der Waals surface area contributed by atoms with Gasteiger partial charge in [0.15, 0.2) is 0 Å². The minimum absolute atomic E-state index is 0.299. The second-order valence-electron chi connectivity index (χ2n) is 5.57. The van der Waals surface area contributed by atoms with Crippen molar-refractivity contribution in [1.29, 1.82) is 0 Å². The number of nitrogens with zero attached hydrogens (tertiary/aromatic N) is 2. The Bertz CT molecular complexity index is 584. The van der Waals surface area contributed by atoms with E-state index in [0.717, 1.165) is 17.5 Å². The lowest BCUT2D eigenvalue weighted by molar-refractivity contribution is 0.302. The van der Waals surface area contributed by atoms with Crippen LogP contribution in [0.1, 0.15) is 17.5 Å². The monoisotopic (exact) mass is 297 g/mol. The molecule has 6 heteroatoms. The van der Waals surface area contributed by atoms with E-state index in [1.165, 1.54) is 0 Å². The molecule has 1 fully saturated rings. The number of rotatable bonds is 4. The van der Waals surface area contributed by atoms with Gasteiger partial charge < -0.3 is 10.6 Å². The lowest BCUT2D eigenvalue weighted by Gasteiger charge is -2.21. The second kappa shape index (κ2) is 5.81. The van der Waals surface area contributed by atoms with E-state index < -0.39 is 10.0 Å². The van der Waals surface area contributed by atoms with Crippen molar-refractivity contribution in [3.8, 4) is 0 Å². The van der Waals surface area contributed by atoms with Crippen LogP contribution in [0.25, 0.3) is 0 Å². The Morgan fingerprint density at radius 3 is 2.60 bits per heavy atom. The van der Waals surface area contributed by atoms with Gasteiger partial charge in [0.2, 0.25) is 10.0 Å². The van der Waals surface area contributed by atoms with Crippen molar-refractivity contribution < 1.29 is 8.42 Å². The van der Waals surface area contributed by atoms with Crippen LogP contribution in [-0.2, 0) is 16.6 Å². The molecule has 0 bridgehead atoms. The van der Waals surface area contributed by atoms with Gasteiger partial charge in [-0.3, -0.25) is 0 Å². The smallest absolute Gasteiger partial charge is 0.243 e. The first kappa shape index (κ1) is 15.4. The SMILES string of the molecule is Cc1cc(CN)ccc1S(=O)(=O)N1CCC(N(C)C)C1. The molecule has 0 aromatic heterocycles. The van der Waals surface area contributed by atoms with E-state index >= 15 is 0 Å². The zero-order valence-electron chi connectivity index (χ0n) is 12.3. The molecule has 5 nitrogen and oxygen atoms in total. The predicted molar refractivity (Wildman–Crippen MR) is 79.9 cm³/mol. The average Bonchev–Trinajstić information content (AvgIpc) is 2.88. The number of benzene rings is 1. The van der Waals surface area contributed by atoms with Crippen LogP contribution in [0.3, 0.4) is 0 Å². The van der Waals surface area contributed by atoms with Crippen LogP contribution in [0, 0.1) is 6.92 Å². The van der Waals surface area contributed by atoms with E-state index in [1.807, 2.05) is 27.1 Å². The van der Waals surface area contributed by atoms with E-state index in [1.54, 1.807) is 16.4 Å². The number of hydrogen-bond donors (Lipinski definition) is 1. The minimum Gasteiger partial charge on any atom is -0.326 e. The lowest BCUT2D eigenvalue weighted by Crippen LogP contribution is -2.34. The topological polar surface area (TPSA) is 66.6 Å². The van der Waals surface area contributed by atoms with E-state index in [4.69, 9.17) is 5.73 Å². The van der Waals surface area contributed by atoms with E-state index in [-0.39, 0.29) is 0 Å². The predicted octanol–water partition coefficient (Wildman–Crippen LogP) is 0.778. The first-order valence-electron chi connectivity index (χ1n) is 6.82.